The van der Waals surface area contributed by atoms with Gasteiger partial charge in [-0.3, -0.25) is 19.3 Å². The highest BCUT2D eigenvalue weighted by molar-refractivity contribution is 7.80. The molecule has 11 nitrogen and oxygen atoms in total. The van der Waals surface area contributed by atoms with Gasteiger partial charge in [0.1, 0.15) is 12.6 Å². The molecule has 3 rings (SSSR count). The third kappa shape index (κ3) is 6.04. The van der Waals surface area contributed by atoms with E-state index in [1.54, 1.807) is 48.5 Å². The van der Waals surface area contributed by atoms with E-state index in [0.717, 1.165) is 4.90 Å². The molecule has 0 saturated heterocycles. The van der Waals surface area contributed by atoms with Crippen molar-refractivity contribution in [3.63, 3.8) is 0 Å². The second-order valence-electron chi connectivity index (χ2n) is 7.63. The highest BCUT2D eigenvalue weighted by Crippen LogP contribution is 2.28. The molecule has 3 amide bonds. The highest BCUT2D eigenvalue weighted by Gasteiger charge is 2.35. The average molecular weight is 500 g/mol. The summed E-state index contributed by atoms with van der Waals surface area (Å²) in [7, 11) is 0. The number of aliphatic carboxylic acids is 1. The number of nitrogens with one attached hydrogen (secondary N) is 2. The summed E-state index contributed by atoms with van der Waals surface area (Å²) in [5.41, 5.74) is 7.68. The second-order valence-corrected chi connectivity index (χ2v) is 7.99. The number of fused-ring (bicyclic) bond motifs is 1. The predicted octanol–water partition coefficient (Wildman–Crippen LogP) is -0.868. The number of carboxylic acids is 1. The number of anilines is 1. The first-order chi connectivity index (χ1) is 16.8. The molecular weight excluding hydrogens is 474 g/mol. The van der Waals surface area contributed by atoms with E-state index in [1.165, 1.54) is 0 Å². The molecule has 1 aliphatic heterocycles. The van der Waals surface area contributed by atoms with Gasteiger partial charge in [0.2, 0.25) is 18.0 Å². The van der Waals surface area contributed by atoms with Crippen LogP contribution in [0.4, 0.5) is 5.69 Å². The maximum absolute atomic E-state index is 13.6. The molecule has 12 heteroatoms. The minimum absolute atomic E-state index is 0.0338. The Balaban J connectivity index is 2.06. The number of aliphatic hydroxyl groups is 1. The Labute approximate surface area is 206 Å². The molecular formula is C23H25N5O6S. The molecule has 2 aromatic rings. The lowest BCUT2D eigenvalue weighted by molar-refractivity contribution is -0.142. The summed E-state index contributed by atoms with van der Waals surface area (Å²) < 4.78 is 0. The zero-order valence-corrected chi connectivity index (χ0v) is 19.4. The number of hydrogen-bond donors (Lipinski definition) is 6. The topological polar surface area (TPSA) is 174 Å². The van der Waals surface area contributed by atoms with Crippen molar-refractivity contribution in [2.75, 3.05) is 23.8 Å². The molecule has 0 radical (unpaired) electrons. The fourth-order valence-electron chi connectivity index (χ4n) is 3.41. The fourth-order valence-corrected chi connectivity index (χ4v) is 3.57. The van der Waals surface area contributed by atoms with Gasteiger partial charge in [0.05, 0.1) is 24.0 Å². The van der Waals surface area contributed by atoms with Gasteiger partial charge in [0, 0.05) is 16.9 Å². The predicted molar refractivity (Wildman–Crippen MR) is 131 cm³/mol. The molecule has 35 heavy (non-hydrogen) atoms. The minimum atomic E-state index is -1.54. The van der Waals surface area contributed by atoms with Gasteiger partial charge in [-0.05, 0) is 6.07 Å². The number of amides is 3. The average Bonchev–Trinajstić information content (AvgIpc) is 2.97. The molecule has 0 saturated carbocycles. The summed E-state index contributed by atoms with van der Waals surface area (Å²) >= 11 is 4.01. The molecule has 0 spiro atoms. The van der Waals surface area contributed by atoms with E-state index in [2.05, 4.69) is 28.3 Å². The van der Waals surface area contributed by atoms with Crippen LogP contribution in [0.2, 0.25) is 0 Å². The quantitative estimate of drug-likeness (QED) is 0.243. The summed E-state index contributed by atoms with van der Waals surface area (Å²) in [5, 5.41) is 23.0. The Morgan fingerprint density at radius 3 is 2.40 bits per heavy atom. The van der Waals surface area contributed by atoms with Crippen LogP contribution in [0, 0.1) is 0 Å². The minimum Gasteiger partial charge on any atom is -0.480 e. The molecule has 0 bridgehead atoms. The van der Waals surface area contributed by atoms with Crippen molar-refractivity contribution in [3.8, 4) is 0 Å². The van der Waals surface area contributed by atoms with E-state index in [0.29, 0.717) is 22.5 Å². The molecule has 1 aliphatic rings. The number of carboxylic acid groups (broad SMARTS) is 1. The number of benzodiazepines with no additional fused rings is 1. The Morgan fingerprint density at radius 1 is 1.11 bits per heavy atom. The van der Waals surface area contributed by atoms with Gasteiger partial charge < -0.3 is 26.6 Å². The first kappa shape index (κ1) is 25.9. The smallest absolute Gasteiger partial charge is 0.328 e. The highest BCUT2D eigenvalue weighted by atomic mass is 32.1. The van der Waals surface area contributed by atoms with Crippen molar-refractivity contribution in [2.24, 2.45) is 10.7 Å². The normalized spacial score (nSPS) is 16.9. The van der Waals surface area contributed by atoms with Crippen LogP contribution in [-0.2, 0) is 19.2 Å². The van der Waals surface area contributed by atoms with Gasteiger partial charge >= 0.3 is 5.97 Å². The third-order valence-corrected chi connectivity index (χ3v) is 5.58. The van der Waals surface area contributed by atoms with Crippen LogP contribution in [-0.4, -0.2) is 76.8 Å². The van der Waals surface area contributed by atoms with Crippen molar-refractivity contribution in [2.45, 2.75) is 18.2 Å². The van der Waals surface area contributed by atoms with E-state index < -0.39 is 55.1 Å². The summed E-state index contributed by atoms with van der Waals surface area (Å²) in [6, 6.07) is 13.2. The number of para-hydroxylation sites is 1. The summed E-state index contributed by atoms with van der Waals surface area (Å²) in [5.74, 6) is -3.60. The van der Waals surface area contributed by atoms with Gasteiger partial charge in [-0.1, -0.05) is 48.5 Å². The lowest BCUT2D eigenvalue weighted by atomic mass is 10.0. The van der Waals surface area contributed by atoms with Crippen LogP contribution >= 0.6 is 12.6 Å². The zero-order valence-electron chi connectivity index (χ0n) is 18.5. The van der Waals surface area contributed by atoms with E-state index in [4.69, 9.17) is 10.8 Å². The Morgan fingerprint density at radius 2 is 1.77 bits per heavy atom. The second kappa shape index (κ2) is 11.6. The number of aliphatic imine (C=N–C) groups is 1. The van der Waals surface area contributed by atoms with Crippen LogP contribution < -0.4 is 21.3 Å². The lowest BCUT2D eigenvalue weighted by Gasteiger charge is -2.26. The van der Waals surface area contributed by atoms with Crippen LogP contribution in [0.25, 0.3) is 0 Å². The molecule has 3 atom stereocenters. The Hall–Kier alpha value is -3.74. The van der Waals surface area contributed by atoms with Crippen LogP contribution in [0.1, 0.15) is 11.1 Å². The SMILES string of the molecule is NC(CS)C(=O)NC1N=C(c2ccccc2)c2ccccc2N(CC(=O)N[C@@H](CO)C(=O)O)C1=O. The number of hydrogen-bond acceptors (Lipinski definition) is 8. The largest absolute Gasteiger partial charge is 0.480 e. The summed E-state index contributed by atoms with van der Waals surface area (Å²) in [4.78, 5) is 55.6. The summed E-state index contributed by atoms with van der Waals surface area (Å²) in [6.07, 6.45) is -1.42. The number of carbonyl (C=O) groups excluding carboxylic acids is 3. The number of nitrogens with two attached hydrogens (primary N) is 1. The molecule has 6 N–H and O–H groups in total. The standard InChI is InChI=1S/C23H25N5O6S/c24-15(12-35)21(31)27-20-22(32)28(10-18(30)25-16(11-29)23(33)34)17-9-5-4-8-14(17)19(26-20)13-6-2-1-3-7-13/h1-9,15-16,20,29,35H,10-12,24H2,(H,25,30)(H,27,31)(H,33,34)/t15?,16-,20?/m0/s1. The van der Waals surface area contributed by atoms with Crippen LogP contribution in [0.15, 0.2) is 59.6 Å². The monoisotopic (exact) mass is 499 g/mol. The lowest BCUT2D eigenvalue weighted by Crippen LogP contribution is -2.54. The molecule has 2 unspecified atom stereocenters. The molecule has 0 aromatic heterocycles. The number of benzene rings is 2. The fraction of sp³-hybridized carbons (Fsp3) is 0.261. The van der Waals surface area contributed by atoms with E-state index in [9.17, 15) is 24.3 Å². The number of thiol groups is 1. The molecule has 0 aliphatic carbocycles. The third-order valence-electron chi connectivity index (χ3n) is 5.19. The maximum atomic E-state index is 13.6. The van der Waals surface area contributed by atoms with Gasteiger partial charge in [0.25, 0.3) is 5.91 Å². The molecule has 184 valence electrons. The number of carbonyl (C=O) groups is 4. The van der Waals surface area contributed by atoms with Gasteiger partial charge in [-0.15, -0.1) is 0 Å². The zero-order chi connectivity index (χ0) is 25.5. The van der Waals surface area contributed by atoms with Crippen molar-refractivity contribution in [3.05, 3.63) is 65.7 Å². The van der Waals surface area contributed by atoms with Crippen LogP contribution in [0.5, 0.6) is 0 Å². The van der Waals surface area contributed by atoms with Crippen molar-refractivity contribution < 1.29 is 29.4 Å². The van der Waals surface area contributed by atoms with Crippen molar-refractivity contribution in [1.82, 2.24) is 10.6 Å². The first-order valence-corrected chi connectivity index (χ1v) is 11.2. The van der Waals surface area contributed by atoms with Gasteiger partial charge in [-0.25, -0.2) is 9.79 Å². The Kier molecular flexibility index (Phi) is 8.58. The van der Waals surface area contributed by atoms with Crippen LogP contribution in [0.3, 0.4) is 0 Å². The first-order valence-electron chi connectivity index (χ1n) is 10.6. The van der Waals surface area contributed by atoms with Gasteiger partial charge in [0.15, 0.2) is 0 Å². The van der Waals surface area contributed by atoms with E-state index in [-0.39, 0.29) is 5.75 Å². The van der Waals surface area contributed by atoms with E-state index >= 15 is 0 Å². The number of nitrogens with zero attached hydrogens (tertiary/aromatic N) is 2. The Bertz CT molecular complexity index is 1140. The summed E-state index contributed by atoms with van der Waals surface area (Å²) in [6.45, 7) is -1.41. The number of rotatable bonds is 9. The maximum Gasteiger partial charge on any atom is 0.328 e. The molecule has 1 heterocycles. The number of aliphatic hydroxyl groups excluding tert-OH is 1. The van der Waals surface area contributed by atoms with Crippen molar-refractivity contribution in [1.29, 1.82) is 0 Å². The molecule has 2 aromatic carbocycles. The van der Waals surface area contributed by atoms with E-state index in [1.807, 2.05) is 6.07 Å². The van der Waals surface area contributed by atoms with Gasteiger partial charge in [-0.2, -0.15) is 12.6 Å². The van der Waals surface area contributed by atoms with Crippen molar-refractivity contribution >= 4 is 47.7 Å². The molecule has 0 fully saturated rings.